The van der Waals surface area contributed by atoms with Gasteiger partial charge in [0.15, 0.2) is 6.61 Å². The average Bonchev–Trinajstić information content (AvgIpc) is 3.07. The molecule has 24 heavy (non-hydrogen) atoms. The molecule has 2 aromatic rings. The van der Waals surface area contributed by atoms with Gasteiger partial charge in [0.05, 0.1) is 0 Å². The summed E-state index contributed by atoms with van der Waals surface area (Å²) in [6, 6.07) is 14.9. The zero-order valence-electron chi connectivity index (χ0n) is 13.6. The van der Waals surface area contributed by atoms with Crippen LogP contribution in [0.2, 0.25) is 0 Å². The van der Waals surface area contributed by atoms with Crippen molar-refractivity contribution in [2.45, 2.75) is 31.3 Å². The maximum atomic E-state index is 12.2. The first kappa shape index (κ1) is 15.4. The summed E-state index contributed by atoms with van der Waals surface area (Å²) in [4.78, 5) is 12.2. The van der Waals surface area contributed by atoms with Crippen LogP contribution >= 0.6 is 0 Å². The number of hydrazine groups is 1. The fourth-order valence-electron chi connectivity index (χ4n) is 3.81. The minimum Gasteiger partial charge on any atom is -0.484 e. The second-order valence-corrected chi connectivity index (χ2v) is 6.77. The van der Waals surface area contributed by atoms with E-state index in [0.29, 0.717) is 12.0 Å². The van der Waals surface area contributed by atoms with Crippen molar-refractivity contribution in [2.75, 3.05) is 13.2 Å². The fourth-order valence-corrected chi connectivity index (χ4v) is 3.81. The molecule has 126 valence electrons. The van der Waals surface area contributed by atoms with Crippen LogP contribution < -0.4 is 20.9 Å². The van der Waals surface area contributed by atoms with E-state index in [1.54, 1.807) is 0 Å². The SMILES string of the molecule is O=C(COc1ccc2ccccc2c1)NC1CCC2NNCC2C1. The van der Waals surface area contributed by atoms with E-state index in [2.05, 4.69) is 22.2 Å². The minimum absolute atomic E-state index is 0.0366. The first-order valence-corrected chi connectivity index (χ1v) is 8.67. The molecule has 1 heterocycles. The number of hydrogen-bond acceptors (Lipinski definition) is 4. The van der Waals surface area contributed by atoms with Gasteiger partial charge >= 0.3 is 0 Å². The highest BCUT2D eigenvalue weighted by Crippen LogP contribution is 2.26. The van der Waals surface area contributed by atoms with E-state index in [4.69, 9.17) is 4.74 Å². The summed E-state index contributed by atoms with van der Waals surface area (Å²) in [5.74, 6) is 1.31. The first-order valence-electron chi connectivity index (χ1n) is 8.67. The quantitative estimate of drug-likeness (QED) is 0.804. The lowest BCUT2D eigenvalue weighted by Crippen LogP contribution is -2.45. The monoisotopic (exact) mass is 325 g/mol. The van der Waals surface area contributed by atoms with E-state index >= 15 is 0 Å². The van der Waals surface area contributed by atoms with Gasteiger partial charge in [0.1, 0.15) is 5.75 Å². The summed E-state index contributed by atoms with van der Waals surface area (Å²) in [5, 5.41) is 5.41. The number of amides is 1. The molecule has 5 nitrogen and oxygen atoms in total. The maximum absolute atomic E-state index is 12.2. The first-order chi connectivity index (χ1) is 11.8. The zero-order chi connectivity index (χ0) is 16.4. The van der Waals surface area contributed by atoms with Crippen molar-refractivity contribution in [1.82, 2.24) is 16.2 Å². The standard InChI is InChI=1S/C19H23N3O2/c23-19(21-16-6-8-18-15(9-16)11-20-22-18)12-24-17-7-5-13-3-1-2-4-14(13)10-17/h1-5,7,10,15-16,18,20,22H,6,8-9,11-12H2,(H,21,23). The van der Waals surface area contributed by atoms with Crippen molar-refractivity contribution in [3.63, 3.8) is 0 Å². The summed E-state index contributed by atoms with van der Waals surface area (Å²) in [7, 11) is 0. The molecule has 0 spiro atoms. The van der Waals surface area contributed by atoms with E-state index in [-0.39, 0.29) is 18.6 Å². The van der Waals surface area contributed by atoms with Gasteiger partial charge in [-0.25, -0.2) is 0 Å². The number of carbonyl (C=O) groups excluding carboxylic acids is 1. The molecule has 2 aliphatic rings. The molecule has 1 aliphatic carbocycles. The van der Waals surface area contributed by atoms with Crippen LogP contribution in [0.15, 0.2) is 42.5 Å². The van der Waals surface area contributed by atoms with Crippen molar-refractivity contribution in [2.24, 2.45) is 5.92 Å². The summed E-state index contributed by atoms with van der Waals surface area (Å²) < 4.78 is 5.67. The van der Waals surface area contributed by atoms with Gasteiger partial charge in [0.25, 0.3) is 5.91 Å². The van der Waals surface area contributed by atoms with Crippen LogP contribution in [0.3, 0.4) is 0 Å². The van der Waals surface area contributed by atoms with E-state index in [9.17, 15) is 4.79 Å². The Morgan fingerprint density at radius 2 is 2.04 bits per heavy atom. The summed E-state index contributed by atoms with van der Waals surface area (Å²) in [6.07, 6.45) is 3.16. The van der Waals surface area contributed by atoms with E-state index in [1.165, 1.54) is 5.39 Å². The van der Waals surface area contributed by atoms with Gasteiger partial charge in [-0.1, -0.05) is 30.3 Å². The number of benzene rings is 2. The van der Waals surface area contributed by atoms with Crippen LogP contribution in [0.5, 0.6) is 5.75 Å². The molecule has 1 amide bonds. The largest absolute Gasteiger partial charge is 0.484 e. The van der Waals surface area contributed by atoms with Gasteiger partial charge in [-0.05, 0) is 48.1 Å². The van der Waals surface area contributed by atoms with Crippen molar-refractivity contribution in [3.05, 3.63) is 42.5 Å². The smallest absolute Gasteiger partial charge is 0.258 e. The van der Waals surface area contributed by atoms with Crippen LogP contribution in [0.1, 0.15) is 19.3 Å². The van der Waals surface area contributed by atoms with Crippen LogP contribution in [0, 0.1) is 5.92 Å². The summed E-state index contributed by atoms with van der Waals surface area (Å²) in [6.45, 7) is 1.06. The lowest BCUT2D eigenvalue weighted by atomic mass is 9.83. The molecule has 4 rings (SSSR count). The Balaban J connectivity index is 1.29. The molecular formula is C19H23N3O2. The summed E-state index contributed by atoms with van der Waals surface area (Å²) in [5.41, 5.74) is 6.52. The Morgan fingerprint density at radius 1 is 1.17 bits per heavy atom. The lowest BCUT2D eigenvalue weighted by Gasteiger charge is -2.31. The van der Waals surface area contributed by atoms with E-state index < -0.39 is 0 Å². The molecule has 1 aliphatic heterocycles. The number of rotatable bonds is 4. The third kappa shape index (κ3) is 3.37. The van der Waals surface area contributed by atoms with Gasteiger partial charge < -0.3 is 10.1 Å². The highest BCUT2D eigenvalue weighted by Gasteiger charge is 2.34. The molecule has 5 heteroatoms. The Morgan fingerprint density at radius 3 is 2.96 bits per heavy atom. The second kappa shape index (κ2) is 6.79. The predicted octanol–water partition coefficient (Wildman–Crippen LogP) is 1.98. The molecule has 0 aromatic heterocycles. The molecule has 2 fully saturated rings. The minimum atomic E-state index is -0.0366. The van der Waals surface area contributed by atoms with Crippen molar-refractivity contribution in [1.29, 1.82) is 0 Å². The number of fused-ring (bicyclic) bond motifs is 2. The van der Waals surface area contributed by atoms with Crippen molar-refractivity contribution in [3.8, 4) is 5.75 Å². The Kier molecular flexibility index (Phi) is 4.36. The lowest BCUT2D eigenvalue weighted by molar-refractivity contribution is -0.124. The van der Waals surface area contributed by atoms with Gasteiger partial charge in [-0.3, -0.25) is 15.6 Å². The predicted molar refractivity (Wildman–Crippen MR) is 93.6 cm³/mol. The van der Waals surface area contributed by atoms with E-state index in [0.717, 1.165) is 36.9 Å². The number of hydrogen-bond donors (Lipinski definition) is 3. The Labute approximate surface area is 141 Å². The van der Waals surface area contributed by atoms with Crippen molar-refractivity contribution < 1.29 is 9.53 Å². The molecule has 1 saturated heterocycles. The molecule has 0 radical (unpaired) electrons. The normalized spacial score (nSPS) is 26.1. The van der Waals surface area contributed by atoms with Gasteiger partial charge in [0.2, 0.25) is 0 Å². The fraction of sp³-hybridized carbons (Fsp3) is 0.421. The molecule has 2 aromatic carbocycles. The topological polar surface area (TPSA) is 62.4 Å². The Bertz CT molecular complexity index is 733. The maximum Gasteiger partial charge on any atom is 0.258 e. The zero-order valence-corrected chi connectivity index (χ0v) is 13.6. The third-order valence-electron chi connectivity index (χ3n) is 5.09. The van der Waals surface area contributed by atoms with E-state index in [1.807, 2.05) is 36.4 Å². The van der Waals surface area contributed by atoms with Crippen molar-refractivity contribution >= 4 is 16.7 Å². The molecule has 1 saturated carbocycles. The number of nitrogens with one attached hydrogen (secondary N) is 3. The van der Waals surface area contributed by atoms with Crippen LogP contribution in [0.25, 0.3) is 10.8 Å². The second-order valence-electron chi connectivity index (χ2n) is 6.77. The van der Waals surface area contributed by atoms with Gasteiger partial charge in [-0.2, -0.15) is 0 Å². The van der Waals surface area contributed by atoms with Crippen LogP contribution in [-0.4, -0.2) is 31.1 Å². The van der Waals surface area contributed by atoms with Gasteiger partial charge in [0, 0.05) is 18.6 Å². The van der Waals surface area contributed by atoms with Crippen LogP contribution in [-0.2, 0) is 4.79 Å². The molecule has 0 bridgehead atoms. The molecular weight excluding hydrogens is 302 g/mol. The van der Waals surface area contributed by atoms with Gasteiger partial charge in [-0.15, -0.1) is 0 Å². The third-order valence-corrected chi connectivity index (χ3v) is 5.09. The highest BCUT2D eigenvalue weighted by atomic mass is 16.5. The Hall–Kier alpha value is -2.11. The molecule has 3 atom stereocenters. The number of ether oxygens (including phenoxy) is 1. The molecule has 3 N–H and O–H groups in total. The summed E-state index contributed by atoms with van der Waals surface area (Å²) >= 11 is 0. The molecule has 3 unspecified atom stereocenters. The number of carbonyl (C=O) groups is 1. The van der Waals surface area contributed by atoms with Crippen LogP contribution in [0.4, 0.5) is 0 Å². The average molecular weight is 325 g/mol. The highest BCUT2D eigenvalue weighted by molar-refractivity contribution is 5.84.